The van der Waals surface area contributed by atoms with Crippen LogP contribution in [0.3, 0.4) is 0 Å². The number of para-hydroxylation sites is 1. The molecule has 33 heavy (non-hydrogen) atoms. The van der Waals surface area contributed by atoms with Gasteiger partial charge in [-0.05, 0) is 36.3 Å². The number of likely N-dealkylation sites (N-methyl/N-ethyl adjacent to an activating group) is 1. The van der Waals surface area contributed by atoms with Gasteiger partial charge in [-0.25, -0.2) is 9.97 Å². The Hall–Kier alpha value is -3.04. The lowest BCUT2D eigenvalue weighted by Gasteiger charge is -2.45. The van der Waals surface area contributed by atoms with Crippen LogP contribution in [0.2, 0.25) is 0 Å². The number of benzene rings is 1. The first-order valence-electron chi connectivity index (χ1n) is 11.2. The van der Waals surface area contributed by atoms with E-state index in [2.05, 4.69) is 9.97 Å². The number of piperidine rings is 1. The summed E-state index contributed by atoms with van der Waals surface area (Å²) in [4.78, 5) is 36.8. The summed E-state index contributed by atoms with van der Waals surface area (Å²) in [5.41, 5.74) is 0.762. The molecular weight excluding hydrogens is 424 g/mol. The number of aromatic nitrogens is 2. The molecule has 2 aromatic rings. The molecule has 4 rings (SSSR count). The molecule has 0 aliphatic carbocycles. The number of ether oxygens (including phenoxy) is 1. The van der Waals surface area contributed by atoms with Gasteiger partial charge in [0.15, 0.2) is 6.61 Å². The lowest BCUT2D eigenvalue weighted by atomic mass is 9.72. The van der Waals surface area contributed by atoms with Crippen LogP contribution < -0.4 is 4.74 Å². The Kier molecular flexibility index (Phi) is 6.90. The molecule has 1 fully saturated rings. The largest absolute Gasteiger partial charge is 0.483 e. The Morgan fingerprint density at radius 1 is 1.12 bits per heavy atom. The van der Waals surface area contributed by atoms with Gasteiger partial charge in [0.2, 0.25) is 0 Å². The fraction of sp³-hybridized carbons (Fsp3) is 0.500. The van der Waals surface area contributed by atoms with Gasteiger partial charge in [-0.3, -0.25) is 9.59 Å². The zero-order valence-corrected chi connectivity index (χ0v) is 18.8. The maximum atomic E-state index is 12.8. The minimum absolute atomic E-state index is 0.0964. The van der Waals surface area contributed by atoms with Crippen molar-refractivity contribution in [3.63, 3.8) is 0 Å². The number of nitrogens with zero attached hydrogens (tertiary/aromatic N) is 4. The highest BCUT2D eigenvalue weighted by atomic mass is 16.5. The molecule has 9 nitrogen and oxygen atoms in total. The van der Waals surface area contributed by atoms with E-state index < -0.39 is 17.6 Å². The summed E-state index contributed by atoms with van der Waals surface area (Å²) in [6.07, 6.45) is 4.23. The van der Waals surface area contributed by atoms with Gasteiger partial charge in [-0.1, -0.05) is 18.2 Å². The number of amides is 2. The third-order valence-electron chi connectivity index (χ3n) is 6.76. The molecule has 1 aromatic carbocycles. The summed E-state index contributed by atoms with van der Waals surface area (Å²) in [5, 5.41) is 21.7. The number of carbonyl (C=O) groups is 2. The molecule has 2 N–H and O–H groups in total. The average Bonchev–Trinajstić information content (AvgIpc) is 2.83. The number of rotatable bonds is 1. The minimum atomic E-state index is -0.967. The second kappa shape index (κ2) is 9.84. The Labute approximate surface area is 193 Å². The third kappa shape index (κ3) is 5.31. The quantitative estimate of drug-likeness (QED) is 0.658. The average molecular weight is 455 g/mol. The zero-order chi connectivity index (χ0) is 23.4. The summed E-state index contributed by atoms with van der Waals surface area (Å²) in [5.74, 6) is 0.255. The normalized spacial score (nSPS) is 23.8. The SMILES string of the molecule is CN1CC2(CCN(C(=O)c3cncnc3)CC2)C[C@@H](O)[C@@H](O)Cc2ccccc2OCC1=O. The molecule has 1 spiro atoms. The highest BCUT2D eigenvalue weighted by molar-refractivity contribution is 5.93. The van der Waals surface area contributed by atoms with Gasteiger partial charge in [0.05, 0.1) is 17.8 Å². The fourth-order valence-corrected chi connectivity index (χ4v) is 4.80. The van der Waals surface area contributed by atoms with Crippen LogP contribution in [-0.4, -0.2) is 87.3 Å². The van der Waals surface area contributed by atoms with Crippen LogP contribution in [0.15, 0.2) is 43.0 Å². The van der Waals surface area contributed by atoms with Crippen LogP contribution in [0.1, 0.15) is 35.2 Å². The number of hydrogen-bond acceptors (Lipinski definition) is 7. The predicted molar refractivity (Wildman–Crippen MR) is 120 cm³/mol. The predicted octanol–water partition coefficient (Wildman–Crippen LogP) is 0.904. The van der Waals surface area contributed by atoms with Crippen molar-refractivity contribution in [2.24, 2.45) is 5.41 Å². The molecule has 2 aliphatic rings. The van der Waals surface area contributed by atoms with Gasteiger partial charge < -0.3 is 24.7 Å². The molecule has 2 atom stereocenters. The summed E-state index contributed by atoms with van der Waals surface area (Å²) in [7, 11) is 1.73. The van der Waals surface area contributed by atoms with E-state index in [0.717, 1.165) is 5.56 Å². The lowest BCUT2D eigenvalue weighted by molar-refractivity contribution is -0.135. The molecule has 1 saturated heterocycles. The fourth-order valence-electron chi connectivity index (χ4n) is 4.80. The van der Waals surface area contributed by atoms with Crippen molar-refractivity contribution in [2.45, 2.75) is 37.9 Å². The Morgan fingerprint density at radius 2 is 1.82 bits per heavy atom. The second-order valence-electron chi connectivity index (χ2n) is 9.11. The van der Waals surface area contributed by atoms with Crippen molar-refractivity contribution in [2.75, 3.05) is 33.3 Å². The lowest BCUT2D eigenvalue weighted by Crippen LogP contribution is -2.51. The molecule has 176 valence electrons. The van der Waals surface area contributed by atoms with E-state index in [1.54, 1.807) is 22.9 Å². The number of likely N-dealkylation sites (tertiary alicyclic amines) is 1. The maximum absolute atomic E-state index is 12.8. The number of aliphatic hydroxyl groups excluding tert-OH is 2. The first-order valence-corrected chi connectivity index (χ1v) is 11.2. The van der Waals surface area contributed by atoms with Gasteiger partial charge in [0, 0.05) is 45.5 Å². The smallest absolute Gasteiger partial charge is 0.260 e. The molecular formula is C24H30N4O5. The number of carbonyl (C=O) groups excluding carboxylic acids is 2. The van der Waals surface area contributed by atoms with Crippen LogP contribution in [0.25, 0.3) is 0 Å². The Morgan fingerprint density at radius 3 is 2.55 bits per heavy atom. The second-order valence-corrected chi connectivity index (χ2v) is 9.11. The van der Waals surface area contributed by atoms with Crippen LogP contribution in [0.4, 0.5) is 0 Å². The summed E-state index contributed by atoms with van der Waals surface area (Å²) >= 11 is 0. The van der Waals surface area contributed by atoms with Gasteiger partial charge in [0.25, 0.3) is 11.8 Å². The molecule has 0 bridgehead atoms. The number of hydrogen-bond donors (Lipinski definition) is 2. The highest BCUT2D eigenvalue weighted by Gasteiger charge is 2.41. The topological polar surface area (TPSA) is 116 Å². The van der Waals surface area contributed by atoms with E-state index in [1.807, 2.05) is 18.2 Å². The van der Waals surface area contributed by atoms with Gasteiger partial charge in [-0.2, -0.15) is 0 Å². The Bertz CT molecular complexity index is 978. The van der Waals surface area contributed by atoms with E-state index in [9.17, 15) is 19.8 Å². The molecule has 3 heterocycles. The number of fused-ring (bicyclic) bond motifs is 1. The van der Waals surface area contributed by atoms with Crippen molar-refractivity contribution in [3.05, 3.63) is 54.1 Å². The standard InChI is InChI=1S/C24H30N4O5/c1-27-15-24(6-8-28(9-7-24)23(32)18-12-25-16-26-13-18)11-20(30)19(29)10-17-4-2-3-5-21(17)33-14-22(27)31/h2-5,12-13,16,19-20,29-30H,6-11,14-15H2,1H3/t19-,20+/m0/s1. The molecule has 0 saturated carbocycles. The van der Waals surface area contributed by atoms with Crippen molar-refractivity contribution in [3.8, 4) is 5.75 Å². The van der Waals surface area contributed by atoms with Gasteiger partial charge in [0.1, 0.15) is 12.1 Å². The van der Waals surface area contributed by atoms with Gasteiger partial charge >= 0.3 is 0 Å². The molecule has 2 amide bonds. The highest BCUT2D eigenvalue weighted by Crippen LogP contribution is 2.38. The Balaban J connectivity index is 1.52. The van der Waals surface area contributed by atoms with Gasteiger partial charge in [-0.15, -0.1) is 0 Å². The summed E-state index contributed by atoms with van der Waals surface area (Å²) in [6.45, 7) is 1.29. The van der Waals surface area contributed by atoms with Crippen LogP contribution in [0.5, 0.6) is 5.75 Å². The molecule has 0 unspecified atom stereocenters. The third-order valence-corrected chi connectivity index (χ3v) is 6.76. The van der Waals surface area contributed by atoms with E-state index in [-0.39, 0.29) is 24.8 Å². The van der Waals surface area contributed by atoms with Crippen molar-refractivity contribution in [1.82, 2.24) is 19.8 Å². The van der Waals surface area contributed by atoms with E-state index in [4.69, 9.17) is 4.74 Å². The summed E-state index contributed by atoms with van der Waals surface area (Å²) in [6, 6.07) is 7.25. The maximum Gasteiger partial charge on any atom is 0.260 e. The molecule has 0 radical (unpaired) electrons. The first kappa shape index (κ1) is 23.1. The molecule has 9 heteroatoms. The van der Waals surface area contributed by atoms with Crippen molar-refractivity contribution < 1.29 is 24.5 Å². The monoisotopic (exact) mass is 454 g/mol. The molecule has 1 aromatic heterocycles. The molecule has 2 aliphatic heterocycles. The van der Waals surface area contributed by atoms with E-state index in [1.165, 1.54) is 18.7 Å². The minimum Gasteiger partial charge on any atom is -0.483 e. The number of aliphatic hydroxyl groups is 2. The van der Waals surface area contributed by atoms with Crippen molar-refractivity contribution >= 4 is 11.8 Å². The van der Waals surface area contributed by atoms with Crippen molar-refractivity contribution in [1.29, 1.82) is 0 Å². The van der Waals surface area contributed by atoms with E-state index in [0.29, 0.717) is 50.2 Å². The van der Waals surface area contributed by atoms with E-state index >= 15 is 0 Å². The first-order chi connectivity index (χ1) is 15.9. The van der Waals surface area contributed by atoms with Crippen LogP contribution in [0, 0.1) is 5.41 Å². The van der Waals surface area contributed by atoms with Crippen LogP contribution >= 0.6 is 0 Å². The van der Waals surface area contributed by atoms with Crippen LogP contribution in [-0.2, 0) is 11.2 Å². The zero-order valence-electron chi connectivity index (χ0n) is 18.8. The summed E-state index contributed by atoms with van der Waals surface area (Å²) < 4.78 is 5.75.